The Kier molecular flexibility index (Phi) is 4.23. The second-order valence-electron chi connectivity index (χ2n) is 5.30. The lowest BCUT2D eigenvalue weighted by molar-refractivity contribution is 0.598. The quantitative estimate of drug-likeness (QED) is 0.453. The zero-order valence-corrected chi connectivity index (χ0v) is 13.3. The van der Waals surface area contributed by atoms with E-state index in [4.69, 9.17) is 0 Å². The van der Waals surface area contributed by atoms with Crippen molar-refractivity contribution in [1.29, 1.82) is 0 Å². The Morgan fingerprint density at radius 1 is 0.609 bits per heavy atom. The highest BCUT2D eigenvalue weighted by atomic mass is 31.0. The van der Waals surface area contributed by atoms with Gasteiger partial charge in [0, 0.05) is 5.56 Å². The summed E-state index contributed by atoms with van der Waals surface area (Å²) >= 11 is 0. The molecule has 0 amide bonds. The topological polar surface area (TPSA) is 0 Å². The summed E-state index contributed by atoms with van der Waals surface area (Å²) in [4.78, 5) is 0. The molecule has 3 aromatic carbocycles. The Labute approximate surface area is 135 Å². The van der Waals surface area contributed by atoms with Gasteiger partial charge < -0.3 is 0 Å². The summed E-state index contributed by atoms with van der Waals surface area (Å²) < 4.78 is 41.0. The molecule has 4 heteroatoms. The summed E-state index contributed by atoms with van der Waals surface area (Å²) in [6, 6.07) is 18.2. The van der Waals surface area contributed by atoms with Crippen LogP contribution in [-0.2, 0) is 5.16 Å². The molecule has 1 atom stereocenters. The van der Waals surface area contributed by atoms with Gasteiger partial charge in [-0.15, -0.1) is 9.24 Å². The summed E-state index contributed by atoms with van der Waals surface area (Å²) in [7, 11) is 2.64. The largest absolute Gasteiger partial charge is 0.207 e. The Hall–Kier alpha value is -2.12. The average Bonchev–Trinajstić information content (AvgIpc) is 2.56. The normalized spacial score (nSPS) is 11.5. The maximum atomic E-state index is 14.5. The number of rotatable bonds is 3. The third-order valence-corrected chi connectivity index (χ3v) is 4.88. The van der Waals surface area contributed by atoms with Crippen molar-refractivity contribution in [3.8, 4) is 0 Å². The molecule has 1 unspecified atom stereocenters. The molecule has 0 aliphatic carbocycles. The standard InChI is InChI=1S/C19H14F3P/c20-15-9-5-13(6-10-15)19(23,14-7-11-16(21)12-8-14)17-3-1-2-4-18(17)22/h1-12H,23H2. The van der Waals surface area contributed by atoms with Crippen molar-refractivity contribution in [2.75, 3.05) is 0 Å². The molecule has 0 nitrogen and oxygen atoms in total. The summed E-state index contributed by atoms with van der Waals surface area (Å²) in [6.45, 7) is 0. The molecule has 0 heterocycles. The first-order chi connectivity index (χ1) is 11.0. The molecule has 116 valence electrons. The smallest absolute Gasteiger partial charge is 0.127 e. The molecule has 0 saturated carbocycles. The van der Waals surface area contributed by atoms with Crippen LogP contribution in [0.5, 0.6) is 0 Å². The van der Waals surface area contributed by atoms with Crippen molar-refractivity contribution in [2.45, 2.75) is 5.16 Å². The van der Waals surface area contributed by atoms with Crippen LogP contribution in [0.3, 0.4) is 0 Å². The fourth-order valence-corrected chi connectivity index (χ4v) is 3.30. The van der Waals surface area contributed by atoms with Crippen molar-refractivity contribution >= 4 is 9.24 Å². The van der Waals surface area contributed by atoms with Crippen LogP contribution in [0, 0.1) is 17.5 Å². The highest BCUT2D eigenvalue weighted by molar-refractivity contribution is 7.19. The lowest BCUT2D eigenvalue weighted by Crippen LogP contribution is -2.23. The SMILES string of the molecule is Fc1ccc(C(P)(c2ccc(F)cc2)c2ccccc2F)cc1. The van der Waals surface area contributed by atoms with Gasteiger partial charge in [0.05, 0.1) is 5.16 Å². The van der Waals surface area contributed by atoms with E-state index in [-0.39, 0.29) is 17.5 Å². The first-order valence-electron chi connectivity index (χ1n) is 7.08. The Balaban J connectivity index is 2.27. The fraction of sp³-hybridized carbons (Fsp3) is 0.0526. The molecule has 0 fully saturated rings. The molecule has 0 N–H and O–H groups in total. The van der Waals surface area contributed by atoms with Crippen molar-refractivity contribution in [2.24, 2.45) is 0 Å². The van der Waals surface area contributed by atoms with Gasteiger partial charge >= 0.3 is 0 Å². The maximum absolute atomic E-state index is 14.5. The lowest BCUT2D eigenvalue weighted by atomic mass is 9.83. The Morgan fingerprint density at radius 3 is 1.48 bits per heavy atom. The van der Waals surface area contributed by atoms with E-state index >= 15 is 0 Å². The predicted molar refractivity (Wildman–Crippen MR) is 88.8 cm³/mol. The van der Waals surface area contributed by atoms with Gasteiger partial charge in [-0.2, -0.15) is 0 Å². The number of hydrogen-bond donors (Lipinski definition) is 0. The van der Waals surface area contributed by atoms with Crippen molar-refractivity contribution in [3.63, 3.8) is 0 Å². The van der Waals surface area contributed by atoms with Crippen LogP contribution in [-0.4, -0.2) is 0 Å². The minimum Gasteiger partial charge on any atom is -0.207 e. The third kappa shape index (κ3) is 2.89. The van der Waals surface area contributed by atoms with Gasteiger partial charge in [-0.05, 0) is 41.5 Å². The van der Waals surface area contributed by atoms with E-state index < -0.39 is 5.16 Å². The first kappa shape index (κ1) is 15.8. The van der Waals surface area contributed by atoms with Gasteiger partial charge in [-0.3, -0.25) is 0 Å². The van der Waals surface area contributed by atoms with Crippen LogP contribution in [0.1, 0.15) is 16.7 Å². The van der Waals surface area contributed by atoms with E-state index in [1.165, 1.54) is 30.3 Å². The molecule has 0 aliphatic heterocycles. The zero-order chi connectivity index (χ0) is 16.4. The summed E-state index contributed by atoms with van der Waals surface area (Å²) in [5, 5.41) is -0.938. The minimum absolute atomic E-state index is 0.367. The second kappa shape index (κ2) is 6.17. The number of halogens is 3. The van der Waals surface area contributed by atoms with Crippen LogP contribution in [0.15, 0.2) is 72.8 Å². The maximum Gasteiger partial charge on any atom is 0.127 e. The predicted octanol–water partition coefficient (Wildman–Crippen LogP) is 5.27. The molecule has 3 rings (SSSR count). The van der Waals surface area contributed by atoms with E-state index in [9.17, 15) is 13.2 Å². The van der Waals surface area contributed by atoms with E-state index in [2.05, 4.69) is 9.24 Å². The monoisotopic (exact) mass is 330 g/mol. The molecule has 0 saturated heterocycles. The Morgan fingerprint density at radius 2 is 1.04 bits per heavy atom. The molecule has 0 aromatic heterocycles. The molecule has 0 bridgehead atoms. The molecule has 0 radical (unpaired) electrons. The zero-order valence-electron chi connectivity index (χ0n) is 12.1. The van der Waals surface area contributed by atoms with Crippen LogP contribution in [0.25, 0.3) is 0 Å². The summed E-state index contributed by atoms with van der Waals surface area (Å²) in [5.74, 6) is -1.11. The van der Waals surface area contributed by atoms with Crippen LogP contribution in [0.4, 0.5) is 13.2 Å². The molecule has 3 aromatic rings. The van der Waals surface area contributed by atoms with E-state index in [0.717, 1.165) is 0 Å². The van der Waals surface area contributed by atoms with Gasteiger partial charge in [-0.25, -0.2) is 13.2 Å². The summed E-state index contributed by atoms with van der Waals surface area (Å²) in [6.07, 6.45) is 0. The highest BCUT2D eigenvalue weighted by Crippen LogP contribution is 2.45. The second-order valence-corrected chi connectivity index (χ2v) is 6.17. The number of hydrogen-bond acceptors (Lipinski definition) is 0. The van der Waals surface area contributed by atoms with Gasteiger partial charge in [0.15, 0.2) is 0 Å². The van der Waals surface area contributed by atoms with E-state index in [0.29, 0.717) is 16.7 Å². The third-order valence-electron chi connectivity index (χ3n) is 3.90. The Bertz CT molecular complexity index is 765. The number of benzene rings is 3. The van der Waals surface area contributed by atoms with E-state index in [1.54, 1.807) is 42.5 Å². The highest BCUT2D eigenvalue weighted by Gasteiger charge is 2.33. The average molecular weight is 330 g/mol. The van der Waals surface area contributed by atoms with E-state index in [1.807, 2.05) is 0 Å². The van der Waals surface area contributed by atoms with Gasteiger partial charge in [0.1, 0.15) is 17.5 Å². The van der Waals surface area contributed by atoms with Crippen molar-refractivity contribution < 1.29 is 13.2 Å². The van der Waals surface area contributed by atoms with Gasteiger partial charge in [-0.1, -0.05) is 42.5 Å². The van der Waals surface area contributed by atoms with Crippen LogP contribution >= 0.6 is 9.24 Å². The molecule has 0 aliphatic rings. The molecule has 0 spiro atoms. The molecular weight excluding hydrogens is 316 g/mol. The molecule has 23 heavy (non-hydrogen) atoms. The minimum atomic E-state index is -0.938. The lowest BCUT2D eigenvalue weighted by Gasteiger charge is -2.32. The summed E-state index contributed by atoms with van der Waals surface area (Å²) in [5.41, 5.74) is 1.81. The van der Waals surface area contributed by atoms with Crippen LogP contribution < -0.4 is 0 Å². The molecular formula is C19H14F3P. The van der Waals surface area contributed by atoms with Gasteiger partial charge in [0.2, 0.25) is 0 Å². The fourth-order valence-electron chi connectivity index (χ4n) is 2.68. The van der Waals surface area contributed by atoms with Crippen LogP contribution in [0.2, 0.25) is 0 Å². The first-order valence-corrected chi connectivity index (χ1v) is 7.65. The van der Waals surface area contributed by atoms with Gasteiger partial charge in [0.25, 0.3) is 0 Å². The van der Waals surface area contributed by atoms with Crippen molar-refractivity contribution in [1.82, 2.24) is 0 Å². The van der Waals surface area contributed by atoms with Crippen molar-refractivity contribution in [3.05, 3.63) is 107 Å².